The molecule has 1 amide bonds. The first kappa shape index (κ1) is 27.3. The number of ether oxygens (including phenoxy) is 3. The van der Waals surface area contributed by atoms with Crippen LogP contribution in [0.3, 0.4) is 0 Å². The third-order valence-corrected chi connectivity index (χ3v) is 7.30. The van der Waals surface area contributed by atoms with Crippen LogP contribution in [0.15, 0.2) is 65.6 Å². The standard InChI is InChI=1S/C30H33NO6S/c1-6-36-23-14-9-19(18-22(23)30(2,3)4)27(32)25-26(24-8-7-17-38-24)31(29(34)28(25)33)15-16-37-21-12-10-20(35-5)11-13-21/h7-14,17-18,26,32H,6,15-16H2,1-5H3/b27-25-. The topological polar surface area (TPSA) is 85.3 Å². The number of methoxy groups -OCH3 is 1. The van der Waals surface area contributed by atoms with E-state index >= 15 is 0 Å². The Labute approximate surface area is 227 Å². The number of carbonyl (C=O) groups excluding carboxylic acids is 2. The summed E-state index contributed by atoms with van der Waals surface area (Å²) in [5.74, 6) is 0.488. The molecule has 2 aromatic carbocycles. The van der Waals surface area contributed by atoms with Crippen molar-refractivity contribution in [1.82, 2.24) is 4.90 Å². The summed E-state index contributed by atoms with van der Waals surface area (Å²) in [6.45, 7) is 8.95. The van der Waals surface area contributed by atoms with Crippen LogP contribution < -0.4 is 14.2 Å². The first-order valence-corrected chi connectivity index (χ1v) is 13.4. The average Bonchev–Trinajstić information content (AvgIpc) is 3.51. The Morgan fingerprint density at radius 3 is 2.34 bits per heavy atom. The van der Waals surface area contributed by atoms with Crippen LogP contribution in [0.25, 0.3) is 5.76 Å². The van der Waals surface area contributed by atoms with E-state index in [2.05, 4.69) is 20.8 Å². The second-order valence-electron chi connectivity index (χ2n) is 9.93. The molecular formula is C30H33NO6S. The molecule has 1 atom stereocenters. The molecule has 1 N–H and O–H groups in total. The maximum absolute atomic E-state index is 13.3. The van der Waals surface area contributed by atoms with E-state index in [0.717, 1.165) is 16.2 Å². The summed E-state index contributed by atoms with van der Waals surface area (Å²) in [6.07, 6.45) is 0. The number of aliphatic hydroxyl groups excluding tert-OH is 1. The van der Waals surface area contributed by atoms with Crippen molar-refractivity contribution < 1.29 is 28.9 Å². The van der Waals surface area contributed by atoms with E-state index < -0.39 is 17.7 Å². The van der Waals surface area contributed by atoms with Crippen molar-refractivity contribution >= 4 is 28.8 Å². The maximum Gasteiger partial charge on any atom is 0.295 e. The quantitative estimate of drug-likeness (QED) is 0.207. The maximum atomic E-state index is 13.3. The Kier molecular flexibility index (Phi) is 8.11. The molecule has 8 heteroatoms. The summed E-state index contributed by atoms with van der Waals surface area (Å²) in [5, 5.41) is 13.3. The van der Waals surface area contributed by atoms with Gasteiger partial charge in [0.2, 0.25) is 0 Å². The van der Waals surface area contributed by atoms with Crippen molar-refractivity contribution in [2.45, 2.75) is 39.2 Å². The summed E-state index contributed by atoms with van der Waals surface area (Å²) in [6, 6.07) is 15.5. The van der Waals surface area contributed by atoms with Crippen molar-refractivity contribution in [2.75, 3.05) is 26.9 Å². The highest BCUT2D eigenvalue weighted by molar-refractivity contribution is 7.10. The predicted molar refractivity (Wildman–Crippen MR) is 148 cm³/mol. The third-order valence-electron chi connectivity index (χ3n) is 6.37. The summed E-state index contributed by atoms with van der Waals surface area (Å²) < 4.78 is 16.8. The van der Waals surface area contributed by atoms with Crippen molar-refractivity contribution in [1.29, 1.82) is 0 Å². The Morgan fingerprint density at radius 1 is 1.03 bits per heavy atom. The largest absolute Gasteiger partial charge is 0.507 e. The number of thiophene rings is 1. The van der Waals surface area contributed by atoms with Gasteiger partial charge in [0, 0.05) is 16.0 Å². The van der Waals surface area contributed by atoms with Crippen LogP contribution in [0.2, 0.25) is 0 Å². The second kappa shape index (κ2) is 11.3. The highest BCUT2D eigenvalue weighted by atomic mass is 32.1. The lowest BCUT2D eigenvalue weighted by atomic mass is 9.84. The highest BCUT2D eigenvalue weighted by Crippen LogP contribution is 2.42. The molecule has 1 aliphatic heterocycles. The molecule has 38 heavy (non-hydrogen) atoms. The number of carbonyl (C=O) groups is 2. The van der Waals surface area contributed by atoms with E-state index in [-0.39, 0.29) is 29.9 Å². The SMILES string of the molecule is CCOc1ccc(/C(O)=C2/C(=O)C(=O)N(CCOc3ccc(OC)cc3)C2c2cccs2)cc1C(C)(C)C. The number of hydrogen-bond donors (Lipinski definition) is 1. The smallest absolute Gasteiger partial charge is 0.295 e. The zero-order chi connectivity index (χ0) is 27.4. The van der Waals surface area contributed by atoms with Crippen LogP contribution in [-0.2, 0) is 15.0 Å². The number of aliphatic hydroxyl groups is 1. The van der Waals surface area contributed by atoms with E-state index in [1.807, 2.05) is 30.5 Å². The molecule has 7 nitrogen and oxygen atoms in total. The van der Waals surface area contributed by atoms with Gasteiger partial charge >= 0.3 is 0 Å². The van der Waals surface area contributed by atoms with E-state index in [9.17, 15) is 14.7 Å². The summed E-state index contributed by atoms with van der Waals surface area (Å²) in [4.78, 5) is 28.8. The van der Waals surface area contributed by atoms with Gasteiger partial charge in [-0.1, -0.05) is 26.8 Å². The minimum absolute atomic E-state index is 0.0749. The van der Waals surface area contributed by atoms with Gasteiger partial charge in [-0.3, -0.25) is 9.59 Å². The summed E-state index contributed by atoms with van der Waals surface area (Å²) in [5.41, 5.74) is 1.18. The Balaban J connectivity index is 1.68. The Bertz CT molecular complexity index is 1320. The molecule has 1 unspecified atom stereocenters. The number of likely N-dealkylation sites (tertiary alicyclic amines) is 1. The Hall–Kier alpha value is -3.78. The molecule has 0 radical (unpaired) electrons. The van der Waals surface area contributed by atoms with Crippen LogP contribution >= 0.6 is 11.3 Å². The molecule has 2 heterocycles. The molecule has 1 fully saturated rings. The lowest BCUT2D eigenvalue weighted by molar-refractivity contribution is -0.140. The number of Topliss-reactive ketones (excluding diaryl/α,β-unsaturated/α-hetero) is 1. The van der Waals surface area contributed by atoms with E-state index in [4.69, 9.17) is 14.2 Å². The minimum atomic E-state index is -0.712. The minimum Gasteiger partial charge on any atom is -0.507 e. The molecule has 0 spiro atoms. The third kappa shape index (κ3) is 5.55. The van der Waals surface area contributed by atoms with Crippen molar-refractivity contribution in [3.05, 3.63) is 81.6 Å². The highest BCUT2D eigenvalue weighted by Gasteiger charge is 2.46. The molecule has 0 saturated carbocycles. The number of hydrogen-bond acceptors (Lipinski definition) is 7. The second-order valence-corrected chi connectivity index (χ2v) is 10.9. The zero-order valence-corrected chi connectivity index (χ0v) is 23.1. The van der Waals surface area contributed by atoms with E-state index in [1.54, 1.807) is 43.5 Å². The number of amides is 1. The normalized spacial score (nSPS) is 17.1. The van der Waals surface area contributed by atoms with Gasteiger partial charge in [0.05, 0.1) is 31.9 Å². The number of rotatable bonds is 9. The van der Waals surface area contributed by atoms with Gasteiger partial charge in [-0.2, -0.15) is 0 Å². The van der Waals surface area contributed by atoms with Gasteiger partial charge in [-0.05, 0) is 66.2 Å². The molecule has 1 aliphatic rings. The van der Waals surface area contributed by atoms with Gasteiger partial charge in [0.15, 0.2) is 0 Å². The zero-order valence-electron chi connectivity index (χ0n) is 22.3. The molecule has 0 bridgehead atoms. The van der Waals surface area contributed by atoms with Crippen LogP contribution in [0.5, 0.6) is 17.2 Å². The number of benzene rings is 2. The van der Waals surface area contributed by atoms with Gasteiger partial charge in [-0.25, -0.2) is 0 Å². The molecular weight excluding hydrogens is 502 g/mol. The molecule has 1 saturated heterocycles. The predicted octanol–water partition coefficient (Wildman–Crippen LogP) is 5.95. The van der Waals surface area contributed by atoms with Crippen molar-refractivity contribution in [2.24, 2.45) is 0 Å². The first-order chi connectivity index (χ1) is 18.2. The van der Waals surface area contributed by atoms with Gasteiger partial charge in [0.1, 0.15) is 29.6 Å². The molecule has 3 aromatic rings. The lowest BCUT2D eigenvalue weighted by Crippen LogP contribution is -2.33. The first-order valence-electron chi connectivity index (χ1n) is 12.5. The van der Waals surface area contributed by atoms with Gasteiger partial charge in [0.25, 0.3) is 11.7 Å². The lowest BCUT2D eigenvalue weighted by Gasteiger charge is -2.25. The summed E-state index contributed by atoms with van der Waals surface area (Å²) >= 11 is 1.43. The van der Waals surface area contributed by atoms with Crippen molar-refractivity contribution in [3.8, 4) is 17.2 Å². The summed E-state index contributed by atoms with van der Waals surface area (Å²) in [7, 11) is 1.59. The van der Waals surface area contributed by atoms with Crippen LogP contribution in [0.4, 0.5) is 0 Å². The molecule has 1 aromatic heterocycles. The fourth-order valence-corrected chi connectivity index (χ4v) is 5.33. The number of ketones is 1. The van der Waals surface area contributed by atoms with Gasteiger partial charge in [-0.15, -0.1) is 11.3 Å². The molecule has 200 valence electrons. The van der Waals surface area contributed by atoms with Crippen LogP contribution in [-0.4, -0.2) is 48.6 Å². The van der Waals surface area contributed by atoms with E-state index in [0.29, 0.717) is 23.7 Å². The Morgan fingerprint density at radius 2 is 1.74 bits per heavy atom. The van der Waals surface area contributed by atoms with Crippen LogP contribution in [0.1, 0.15) is 49.7 Å². The van der Waals surface area contributed by atoms with Crippen molar-refractivity contribution in [3.63, 3.8) is 0 Å². The average molecular weight is 536 g/mol. The fourth-order valence-electron chi connectivity index (χ4n) is 4.49. The fraction of sp³-hybridized carbons (Fsp3) is 0.333. The monoisotopic (exact) mass is 535 g/mol. The molecule has 4 rings (SSSR count). The van der Waals surface area contributed by atoms with Gasteiger partial charge < -0.3 is 24.2 Å². The number of nitrogens with zero attached hydrogens (tertiary/aromatic N) is 1. The molecule has 0 aliphatic carbocycles. The van der Waals surface area contributed by atoms with Crippen LogP contribution in [0, 0.1) is 0 Å². The van der Waals surface area contributed by atoms with E-state index in [1.165, 1.54) is 16.2 Å².